The topological polar surface area (TPSA) is 60.2 Å². The van der Waals surface area contributed by atoms with Crippen LogP contribution in [0.3, 0.4) is 0 Å². The van der Waals surface area contributed by atoms with Crippen molar-refractivity contribution in [1.29, 1.82) is 0 Å². The second-order valence-electron chi connectivity index (χ2n) is 2.97. The van der Waals surface area contributed by atoms with E-state index in [4.69, 9.17) is 9.26 Å². The Bertz CT molecular complexity index is 273. The number of rotatable bonds is 2. The molecule has 80 valence electrons. The van der Waals surface area contributed by atoms with Crippen LogP contribution in [0.2, 0.25) is 0 Å². The molecule has 1 aliphatic rings. The number of nitrogens with one attached hydrogen (secondary N) is 1. The SMILES string of the molecule is CCc1noc([C@@H]2CNCCO2)n1.Cl. The highest BCUT2D eigenvalue weighted by molar-refractivity contribution is 5.85. The maximum atomic E-state index is 5.46. The highest BCUT2D eigenvalue weighted by atomic mass is 35.5. The molecule has 1 aromatic rings. The highest BCUT2D eigenvalue weighted by Gasteiger charge is 2.21. The summed E-state index contributed by atoms with van der Waals surface area (Å²) in [5.41, 5.74) is 0. The Balaban J connectivity index is 0.000000980. The zero-order valence-corrected chi connectivity index (χ0v) is 8.84. The van der Waals surface area contributed by atoms with Gasteiger partial charge in [0, 0.05) is 19.5 Å². The number of aryl methyl sites for hydroxylation is 1. The van der Waals surface area contributed by atoms with E-state index < -0.39 is 0 Å². The van der Waals surface area contributed by atoms with Gasteiger partial charge < -0.3 is 14.6 Å². The Morgan fingerprint density at radius 1 is 1.57 bits per heavy atom. The van der Waals surface area contributed by atoms with Gasteiger partial charge in [0.1, 0.15) is 6.10 Å². The molecule has 14 heavy (non-hydrogen) atoms. The Kier molecular flexibility index (Phi) is 4.31. The van der Waals surface area contributed by atoms with Crippen LogP contribution in [-0.4, -0.2) is 29.8 Å². The van der Waals surface area contributed by atoms with Gasteiger partial charge >= 0.3 is 0 Å². The van der Waals surface area contributed by atoms with Crippen molar-refractivity contribution in [3.05, 3.63) is 11.7 Å². The molecular formula is C8H14ClN3O2. The van der Waals surface area contributed by atoms with Crippen LogP contribution in [0.15, 0.2) is 4.52 Å². The first kappa shape index (κ1) is 11.4. The summed E-state index contributed by atoms with van der Waals surface area (Å²) in [7, 11) is 0. The summed E-state index contributed by atoms with van der Waals surface area (Å²) >= 11 is 0. The van der Waals surface area contributed by atoms with Gasteiger partial charge in [0.2, 0.25) is 0 Å². The van der Waals surface area contributed by atoms with Gasteiger partial charge in [-0.2, -0.15) is 4.98 Å². The van der Waals surface area contributed by atoms with E-state index in [-0.39, 0.29) is 18.5 Å². The smallest absolute Gasteiger partial charge is 0.257 e. The van der Waals surface area contributed by atoms with Crippen LogP contribution >= 0.6 is 12.4 Å². The minimum absolute atomic E-state index is 0. The monoisotopic (exact) mass is 219 g/mol. The molecule has 0 bridgehead atoms. The second-order valence-corrected chi connectivity index (χ2v) is 2.97. The zero-order valence-electron chi connectivity index (χ0n) is 8.02. The van der Waals surface area contributed by atoms with E-state index in [1.165, 1.54) is 0 Å². The van der Waals surface area contributed by atoms with E-state index in [9.17, 15) is 0 Å². The number of ether oxygens (including phenoxy) is 1. The lowest BCUT2D eigenvalue weighted by molar-refractivity contribution is 0.00755. The van der Waals surface area contributed by atoms with Crippen LogP contribution in [0.5, 0.6) is 0 Å². The summed E-state index contributed by atoms with van der Waals surface area (Å²) in [5.74, 6) is 1.33. The van der Waals surface area contributed by atoms with Crippen LogP contribution in [0.4, 0.5) is 0 Å². The number of nitrogens with zero attached hydrogens (tertiary/aromatic N) is 2. The maximum Gasteiger partial charge on any atom is 0.257 e. The average Bonchev–Trinajstić information content (AvgIpc) is 2.67. The Morgan fingerprint density at radius 2 is 2.43 bits per heavy atom. The van der Waals surface area contributed by atoms with E-state index in [1.807, 2.05) is 6.92 Å². The highest BCUT2D eigenvalue weighted by Crippen LogP contribution is 2.16. The quantitative estimate of drug-likeness (QED) is 0.794. The molecule has 5 nitrogen and oxygen atoms in total. The molecule has 1 N–H and O–H groups in total. The number of hydrogen-bond donors (Lipinski definition) is 1. The van der Waals surface area contributed by atoms with Crippen molar-refractivity contribution in [2.24, 2.45) is 0 Å². The number of morpholine rings is 1. The fourth-order valence-electron chi connectivity index (χ4n) is 1.27. The van der Waals surface area contributed by atoms with Crippen LogP contribution in [-0.2, 0) is 11.2 Å². The molecule has 6 heteroatoms. The zero-order chi connectivity index (χ0) is 9.10. The summed E-state index contributed by atoms with van der Waals surface area (Å²) in [6.07, 6.45) is 0.727. The predicted octanol–water partition coefficient (Wildman–Crippen LogP) is 0.715. The third kappa shape index (κ3) is 2.43. The Hall–Kier alpha value is -0.650. The standard InChI is InChI=1S/C8H13N3O2.ClH/c1-2-7-10-8(13-11-7)6-5-9-3-4-12-6;/h6,9H,2-5H2,1H3;1H/t6-;/m0./s1. The Morgan fingerprint density at radius 3 is 3.00 bits per heavy atom. The molecule has 0 radical (unpaired) electrons. The molecule has 0 unspecified atom stereocenters. The average molecular weight is 220 g/mol. The lowest BCUT2D eigenvalue weighted by Gasteiger charge is -2.19. The molecule has 0 aliphatic carbocycles. The first-order valence-corrected chi connectivity index (χ1v) is 4.55. The van der Waals surface area contributed by atoms with Crippen molar-refractivity contribution < 1.29 is 9.26 Å². The van der Waals surface area contributed by atoms with Crippen LogP contribution in [0.1, 0.15) is 24.7 Å². The summed E-state index contributed by atoms with van der Waals surface area (Å²) in [4.78, 5) is 4.21. The molecule has 1 aromatic heterocycles. The number of halogens is 1. The predicted molar refractivity (Wildman–Crippen MR) is 52.5 cm³/mol. The maximum absolute atomic E-state index is 5.46. The molecule has 1 saturated heterocycles. The summed E-state index contributed by atoms with van der Waals surface area (Å²) in [5, 5.41) is 7.02. The van der Waals surface area contributed by atoms with Gasteiger partial charge in [-0.1, -0.05) is 12.1 Å². The molecule has 1 aliphatic heterocycles. The Labute approximate surface area is 88.6 Å². The van der Waals surface area contributed by atoms with E-state index in [0.717, 1.165) is 25.3 Å². The van der Waals surface area contributed by atoms with Crippen LogP contribution < -0.4 is 5.32 Å². The van der Waals surface area contributed by atoms with Gasteiger partial charge in [-0.15, -0.1) is 12.4 Å². The number of aromatic nitrogens is 2. The first-order valence-electron chi connectivity index (χ1n) is 4.55. The van der Waals surface area contributed by atoms with Crippen molar-refractivity contribution >= 4 is 12.4 Å². The first-order chi connectivity index (χ1) is 6.40. The van der Waals surface area contributed by atoms with Crippen molar-refractivity contribution in [3.63, 3.8) is 0 Å². The summed E-state index contributed by atoms with van der Waals surface area (Å²) < 4.78 is 10.5. The van der Waals surface area contributed by atoms with Gasteiger partial charge in [0.25, 0.3) is 5.89 Å². The van der Waals surface area contributed by atoms with Crippen molar-refractivity contribution in [1.82, 2.24) is 15.5 Å². The van der Waals surface area contributed by atoms with E-state index in [1.54, 1.807) is 0 Å². The molecule has 0 spiro atoms. The van der Waals surface area contributed by atoms with Crippen molar-refractivity contribution in [2.45, 2.75) is 19.4 Å². The van der Waals surface area contributed by atoms with Gasteiger partial charge in [0.05, 0.1) is 6.61 Å². The van der Waals surface area contributed by atoms with E-state index in [0.29, 0.717) is 12.5 Å². The molecule has 1 fully saturated rings. The fraction of sp³-hybridized carbons (Fsp3) is 0.750. The minimum Gasteiger partial charge on any atom is -0.366 e. The van der Waals surface area contributed by atoms with Gasteiger partial charge in [-0.3, -0.25) is 0 Å². The van der Waals surface area contributed by atoms with E-state index >= 15 is 0 Å². The summed E-state index contributed by atoms with van der Waals surface area (Å²) in [6.45, 7) is 4.35. The molecule has 0 aromatic carbocycles. The van der Waals surface area contributed by atoms with Gasteiger partial charge in [-0.25, -0.2) is 0 Å². The molecule has 0 amide bonds. The molecule has 1 atom stereocenters. The fourth-order valence-corrected chi connectivity index (χ4v) is 1.27. The number of hydrogen-bond acceptors (Lipinski definition) is 5. The van der Waals surface area contributed by atoms with Gasteiger partial charge in [0.15, 0.2) is 5.82 Å². The minimum atomic E-state index is -0.0680. The lowest BCUT2D eigenvalue weighted by Crippen LogP contribution is -2.33. The molecule has 0 saturated carbocycles. The molecular weight excluding hydrogens is 206 g/mol. The van der Waals surface area contributed by atoms with Crippen molar-refractivity contribution in [3.8, 4) is 0 Å². The van der Waals surface area contributed by atoms with Crippen LogP contribution in [0.25, 0.3) is 0 Å². The second kappa shape index (κ2) is 5.29. The third-order valence-electron chi connectivity index (χ3n) is 2.00. The van der Waals surface area contributed by atoms with Gasteiger partial charge in [-0.05, 0) is 0 Å². The lowest BCUT2D eigenvalue weighted by atomic mass is 10.3. The molecule has 2 heterocycles. The summed E-state index contributed by atoms with van der Waals surface area (Å²) in [6, 6.07) is 0. The van der Waals surface area contributed by atoms with Crippen molar-refractivity contribution in [2.75, 3.05) is 19.7 Å². The largest absolute Gasteiger partial charge is 0.366 e. The molecule has 2 rings (SSSR count). The third-order valence-corrected chi connectivity index (χ3v) is 2.00. The normalized spacial score (nSPS) is 21.6. The van der Waals surface area contributed by atoms with Crippen LogP contribution in [0, 0.1) is 0 Å². The van der Waals surface area contributed by atoms with E-state index in [2.05, 4.69) is 15.5 Å².